The molecule has 1 heteroatoms. The van der Waals surface area contributed by atoms with Crippen LogP contribution in [0.4, 0.5) is 0 Å². The molecule has 0 rings (SSSR count). The average Bonchev–Trinajstić information content (AvgIpc) is 1.87. The van der Waals surface area contributed by atoms with Gasteiger partial charge in [-0.2, -0.15) is 0 Å². The lowest BCUT2D eigenvalue weighted by molar-refractivity contribution is 0.768. The highest BCUT2D eigenvalue weighted by Crippen LogP contribution is 2.19. The van der Waals surface area contributed by atoms with Gasteiger partial charge in [-0.15, -0.1) is 0 Å². The number of allylic oxidation sites excluding steroid dienone is 4. The molecule has 0 aromatic rings. The monoisotopic (exact) mass is 202 g/mol. The molecule has 0 radical (unpaired) electrons. The van der Waals surface area contributed by atoms with Crippen LogP contribution in [-0.2, 0) is 0 Å². The van der Waals surface area contributed by atoms with Crippen LogP contribution in [0.5, 0.6) is 0 Å². The van der Waals surface area contributed by atoms with Crippen LogP contribution < -0.4 is 0 Å². The van der Waals surface area contributed by atoms with Crippen molar-refractivity contribution in [2.45, 2.75) is 27.7 Å². The first kappa shape index (κ1) is 9.96. The molecule has 0 saturated heterocycles. The van der Waals surface area contributed by atoms with E-state index in [1.807, 2.05) is 13.0 Å². The van der Waals surface area contributed by atoms with Crippen LogP contribution in [0.25, 0.3) is 0 Å². The minimum absolute atomic E-state index is 0.630. The van der Waals surface area contributed by atoms with E-state index in [4.69, 9.17) is 0 Å². The topological polar surface area (TPSA) is 0 Å². The van der Waals surface area contributed by atoms with Crippen molar-refractivity contribution in [3.05, 3.63) is 22.2 Å². The predicted molar refractivity (Wildman–Crippen MR) is 51.3 cm³/mol. The van der Waals surface area contributed by atoms with Crippen molar-refractivity contribution >= 4 is 15.9 Å². The Morgan fingerprint density at radius 3 is 2.20 bits per heavy atom. The minimum atomic E-state index is 0.630. The summed E-state index contributed by atoms with van der Waals surface area (Å²) in [6.07, 6.45) is 4.12. The second-order valence-corrected chi connectivity index (χ2v) is 3.54. The van der Waals surface area contributed by atoms with Crippen LogP contribution in [0.2, 0.25) is 0 Å². The smallest absolute Gasteiger partial charge is 0.0163 e. The number of hydrogen-bond acceptors (Lipinski definition) is 0. The van der Waals surface area contributed by atoms with E-state index >= 15 is 0 Å². The molecule has 0 aliphatic rings. The van der Waals surface area contributed by atoms with E-state index in [9.17, 15) is 0 Å². The third-order valence-corrected chi connectivity index (χ3v) is 2.45. The average molecular weight is 203 g/mol. The molecule has 0 aliphatic heterocycles. The molecule has 0 bridgehead atoms. The summed E-state index contributed by atoms with van der Waals surface area (Å²) in [6, 6.07) is 0. The summed E-state index contributed by atoms with van der Waals surface area (Å²) in [5.74, 6) is 0.630. The first-order valence-corrected chi connectivity index (χ1v) is 4.37. The van der Waals surface area contributed by atoms with Gasteiger partial charge >= 0.3 is 0 Å². The van der Waals surface area contributed by atoms with Crippen molar-refractivity contribution in [1.82, 2.24) is 0 Å². The summed E-state index contributed by atoms with van der Waals surface area (Å²) in [6.45, 7) is 8.56. The van der Waals surface area contributed by atoms with Gasteiger partial charge in [0, 0.05) is 4.48 Å². The molecule has 0 heterocycles. The zero-order valence-corrected chi connectivity index (χ0v) is 8.70. The minimum Gasteiger partial charge on any atom is -0.0865 e. The largest absolute Gasteiger partial charge is 0.0865 e. The molecule has 0 nitrogen and oxygen atoms in total. The van der Waals surface area contributed by atoms with Crippen LogP contribution >= 0.6 is 15.9 Å². The third-order valence-electron chi connectivity index (χ3n) is 1.56. The van der Waals surface area contributed by atoms with Gasteiger partial charge in [-0.3, -0.25) is 0 Å². The second-order valence-electron chi connectivity index (χ2n) is 2.69. The maximum atomic E-state index is 3.50. The predicted octanol–water partition coefficient (Wildman–Crippen LogP) is 3.89. The zero-order chi connectivity index (χ0) is 8.15. The lowest BCUT2D eigenvalue weighted by atomic mass is 10.1. The van der Waals surface area contributed by atoms with Crippen LogP contribution in [0, 0.1) is 5.92 Å². The summed E-state index contributed by atoms with van der Waals surface area (Å²) >= 11 is 3.50. The first-order valence-electron chi connectivity index (χ1n) is 3.58. The van der Waals surface area contributed by atoms with E-state index in [0.29, 0.717) is 5.92 Å². The maximum Gasteiger partial charge on any atom is 0.0163 e. The van der Waals surface area contributed by atoms with Gasteiger partial charge < -0.3 is 0 Å². The molecule has 0 N–H and O–H groups in total. The molecule has 0 aromatic heterocycles. The summed E-state index contributed by atoms with van der Waals surface area (Å²) in [5, 5.41) is 0. The molecule has 0 spiro atoms. The van der Waals surface area contributed by atoms with E-state index < -0.39 is 0 Å². The second kappa shape index (κ2) is 4.73. The van der Waals surface area contributed by atoms with Crippen molar-refractivity contribution in [2.24, 2.45) is 5.92 Å². The van der Waals surface area contributed by atoms with Crippen molar-refractivity contribution in [3.63, 3.8) is 0 Å². The number of halogens is 1. The van der Waals surface area contributed by atoms with E-state index in [1.54, 1.807) is 0 Å². The molecule has 0 aliphatic carbocycles. The highest BCUT2D eigenvalue weighted by Gasteiger charge is 1.98. The Balaban J connectivity index is 4.34. The molecule has 0 aromatic carbocycles. The van der Waals surface area contributed by atoms with Gasteiger partial charge in [0.1, 0.15) is 0 Å². The Bertz CT molecular complexity index is 152. The van der Waals surface area contributed by atoms with E-state index in [1.165, 1.54) is 10.1 Å². The van der Waals surface area contributed by atoms with Gasteiger partial charge in [0.2, 0.25) is 0 Å². The Morgan fingerprint density at radius 1 is 1.40 bits per heavy atom. The van der Waals surface area contributed by atoms with Crippen molar-refractivity contribution in [3.8, 4) is 0 Å². The summed E-state index contributed by atoms with van der Waals surface area (Å²) in [4.78, 5) is 0. The highest BCUT2D eigenvalue weighted by atomic mass is 79.9. The van der Waals surface area contributed by atoms with Crippen LogP contribution in [0.3, 0.4) is 0 Å². The van der Waals surface area contributed by atoms with Crippen LogP contribution in [0.1, 0.15) is 27.7 Å². The molecule has 58 valence electrons. The van der Waals surface area contributed by atoms with Gasteiger partial charge in [0.15, 0.2) is 0 Å². The van der Waals surface area contributed by atoms with Gasteiger partial charge in [-0.05, 0) is 19.8 Å². The third kappa shape index (κ3) is 3.21. The van der Waals surface area contributed by atoms with Crippen molar-refractivity contribution < 1.29 is 0 Å². The van der Waals surface area contributed by atoms with Gasteiger partial charge in [-0.1, -0.05) is 47.5 Å². The number of rotatable bonds is 2. The van der Waals surface area contributed by atoms with E-state index in [-0.39, 0.29) is 0 Å². The molecule has 0 unspecified atom stereocenters. The fraction of sp³-hybridized carbons (Fsp3) is 0.556. The molecule has 0 amide bonds. The molecule has 0 fully saturated rings. The van der Waals surface area contributed by atoms with Crippen molar-refractivity contribution in [2.75, 3.05) is 0 Å². The lowest BCUT2D eigenvalue weighted by Gasteiger charge is -2.05. The molecular weight excluding hydrogens is 188 g/mol. The Hall–Kier alpha value is -0.0400. The fourth-order valence-corrected chi connectivity index (χ4v) is 1.28. The summed E-state index contributed by atoms with van der Waals surface area (Å²) < 4.78 is 1.21. The molecule has 0 saturated carbocycles. The summed E-state index contributed by atoms with van der Waals surface area (Å²) in [7, 11) is 0. The summed E-state index contributed by atoms with van der Waals surface area (Å²) in [5.41, 5.74) is 1.40. The van der Waals surface area contributed by atoms with Gasteiger partial charge in [0.05, 0.1) is 0 Å². The fourth-order valence-electron chi connectivity index (χ4n) is 0.554. The van der Waals surface area contributed by atoms with Crippen LogP contribution in [-0.4, -0.2) is 0 Å². The normalized spacial score (nSPS) is 14.6. The van der Waals surface area contributed by atoms with Gasteiger partial charge in [0.25, 0.3) is 0 Å². The Kier molecular flexibility index (Phi) is 4.71. The Labute approximate surface area is 72.1 Å². The standard InChI is InChI=1S/C9H15Br/c1-5-6-9(10)8(4)7(2)3/h5-7H,1-4H3/b6-5-,9-8+. The van der Waals surface area contributed by atoms with E-state index in [0.717, 1.165) is 0 Å². The quantitative estimate of drug-likeness (QED) is 0.597. The first-order chi connectivity index (χ1) is 4.59. The SMILES string of the molecule is C/C=C\C(Br)=C(\C)C(C)C. The molecule has 10 heavy (non-hydrogen) atoms. The van der Waals surface area contributed by atoms with E-state index in [2.05, 4.69) is 42.8 Å². The van der Waals surface area contributed by atoms with Gasteiger partial charge in [-0.25, -0.2) is 0 Å². The van der Waals surface area contributed by atoms with Crippen molar-refractivity contribution in [1.29, 1.82) is 0 Å². The number of hydrogen-bond donors (Lipinski definition) is 0. The molecule has 0 atom stereocenters. The lowest BCUT2D eigenvalue weighted by Crippen LogP contribution is -1.89. The van der Waals surface area contributed by atoms with Crippen LogP contribution in [0.15, 0.2) is 22.2 Å². The highest BCUT2D eigenvalue weighted by molar-refractivity contribution is 9.11. The Morgan fingerprint density at radius 2 is 1.90 bits per heavy atom. The molecular formula is C9H15Br. The zero-order valence-electron chi connectivity index (χ0n) is 7.11. The maximum absolute atomic E-state index is 3.50.